The number of fused-ring (bicyclic) bond motifs is 1. The largest absolute Gasteiger partial charge is 0.488 e. The number of amides is 1. The van der Waals surface area contributed by atoms with E-state index in [1.807, 2.05) is 18.9 Å². The molecular formula is C25H32F3N3O5S. The average molecular weight is 544 g/mol. The van der Waals surface area contributed by atoms with Crippen molar-refractivity contribution >= 4 is 21.6 Å². The average Bonchev–Trinajstić information content (AvgIpc) is 2.80. The van der Waals surface area contributed by atoms with Crippen molar-refractivity contribution < 1.29 is 36.2 Å². The van der Waals surface area contributed by atoms with Crippen molar-refractivity contribution in [1.29, 1.82) is 0 Å². The van der Waals surface area contributed by atoms with E-state index < -0.39 is 39.8 Å². The van der Waals surface area contributed by atoms with Gasteiger partial charge in [0, 0.05) is 31.2 Å². The number of hydrogen-bond acceptors (Lipinski definition) is 6. The standard InChI is InChI=1S/C25H32F3N3O5S/c1-16-12-31(17(2)15-32)24(33)21-11-20(29-37(4,34)35)9-10-22(21)36-23(16)14-30(3)13-18-5-7-19(8-6-18)25(26,27)28/h5-11,16-17,23,29,32H,12-15H2,1-4H3/t16-,17+,23-/m0/s1. The van der Waals surface area contributed by atoms with Crippen LogP contribution in [0.1, 0.15) is 35.3 Å². The van der Waals surface area contributed by atoms with Gasteiger partial charge in [-0.1, -0.05) is 19.1 Å². The minimum Gasteiger partial charge on any atom is -0.488 e. The number of likely N-dealkylation sites (N-methyl/N-ethyl adjacent to an activating group) is 1. The molecule has 204 valence electrons. The number of benzene rings is 2. The van der Waals surface area contributed by atoms with E-state index in [9.17, 15) is 31.5 Å². The number of sulfonamides is 1. The van der Waals surface area contributed by atoms with E-state index in [0.29, 0.717) is 18.7 Å². The van der Waals surface area contributed by atoms with Crippen molar-refractivity contribution in [1.82, 2.24) is 9.80 Å². The maximum absolute atomic E-state index is 13.4. The second-order valence-electron chi connectivity index (χ2n) is 9.60. The Labute approximate surface area is 215 Å². The Morgan fingerprint density at radius 3 is 2.43 bits per heavy atom. The van der Waals surface area contributed by atoms with Crippen LogP contribution in [0.2, 0.25) is 0 Å². The number of nitrogens with zero attached hydrogens (tertiary/aromatic N) is 2. The summed E-state index contributed by atoms with van der Waals surface area (Å²) in [6.07, 6.45) is -3.80. The second-order valence-corrected chi connectivity index (χ2v) is 11.3. The molecule has 0 bridgehead atoms. The summed E-state index contributed by atoms with van der Waals surface area (Å²) in [5.74, 6) is -0.272. The molecule has 0 spiro atoms. The number of halogens is 3. The van der Waals surface area contributed by atoms with Gasteiger partial charge in [0.05, 0.1) is 30.0 Å². The molecule has 12 heteroatoms. The molecule has 3 atom stereocenters. The lowest BCUT2D eigenvalue weighted by atomic mass is 9.99. The van der Waals surface area contributed by atoms with Crippen LogP contribution in [-0.4, -0.2) is 74.4 Å². The van der Waals surface area contributed by atoms with Crippen LogP contribution in [0.5, 0.6) is 5.75 Å². The van der Waals surface area contributed by atoms with Crippen LogP contribution in [0.25, 0.3) is 0 Å². The molecule has 1 heterocycles. The van der Waals surface area contributed by atoms with Crippen molar-refractivity contribution in [3.05, 3.63) is 59.2 Å². The Balaban J connectivity index is 1.86. The van der Waals surface area contributed by atoms with E-state index >= 15 is 0 Å². The summed E-state index contributed by atoms with van der Waals surface area (Å²) in [5, 5.41) is 9.76. The molecule has 2 N–H and O–H groups in total. The first kappa shape index (κ1) is 28.7. The van der Waals surface area contributed by atoms with Crippen LogP contribution in [0.3, 0.4) is 0 Å². The number of aliphatic hydroxyl groups is 1. The Hall–Kier alpha value is -2.83. The van der Waals surface area contributed by atoms with Crippen molar-refractivity contribution in [3.8, 4) is 5.75 Å². The van der Waals surface area contributed by atoms with Gasteiger partial charge in [-0.15, -0.1) is 0 Å². The summed E-state index contributed by atoms with van der Waals surface area (Å²) in [7, 11) is -1.75. The zero-order valence-electron chi connectivity index (χ0n) is 21.1. The van der Waals surface area contributed by atoms with Crippen LogP contribution >= 0.6 is 0 Å². The zero-order valence-corrected chi connectivity index (χ0v) is 21.9. The lowest BCUT2D eigenvalue weighted by Crippen LogP contribution is -2.49. The van der Waals surface area contributed by atoms with Gasteiger partial charge in [-0.05, 0) is 49.9 Å². The van der Waals surface area contributed by atoms with E-state index in [1.165, 1.54) is 30.3 Å². The molecule has 0 fully saturated rings. The number of anilines is 1. The van der Waals surface area contributed by atoms with Gasteiger partial charge >= 0.3 is 6.18 Å². The summed E-state index contributed by atoms with van der Waals surface area (Å²) >= 11 is 0. The molecule has 0 saturated heterocycles. The molecule has 0 saturated carbocycles. The van der Waals surface area contributed by atoms with Gasteiger partial charge in [0.2, 0.25) is 10.0 Å². The first-order valence-electron chi connectivity index (χ1n) is 11.7. The number of nitrogens with one attached hydrogen (secondary N) is 1. The number of carbonyl (C=O) groups excluding carboxylic acids is 1. The maximum atomic E-state index is 13.4. The molecule has 8 nitrogen and oxygen atoms in total. The fraction of sp³-hybridized carbons (Fsp3) is 0.480. The van der Waals surface area contributed by atoms with Gasteiger partial charge in [-0.25, -0.2) is 8.42 Å². The summed E-state index contributed by atoms with van der Waals surface area (Å²) in [6.45, 7) is 4.45. The van der Waals surface area contributed by atoms with Crippen molar-refractivity contribution in [2.75, 3.05) is 37.7 Å². The fourth-order valence-electron chi connectivity index (χ4n) is 4.20. The topological polar surface area (TPSA) is 99.2 Å². The zero-order chi connectivity index (χ0) is 27.5. The quantitative estimate of drug-likeness (QED) is 0.530. The number of ether oxygens (including phenoxy) is 1. The van der Waals surface area contributed by atoms with Crippen molar-refractivity contribution in [2.45, 2.75) is 38.7 Å². The van der Waals surface area contributed by atoms with Crippen molar-refractivity contribution in [3.63, 3.8) is 0 Å². The normalized spacial score (nSPS) is 19.6. The molecule has 1 aliphatic rings. The third-order valence-corrected chi connectivity index (χ3v) is 6.80. The van der Waals surface area contributed by atoms with Crippen LogP contribution in [0.15, 0.2) is 42.5 Å². The van der Waals surface area contributed by atoms with E-state index in [0.717, 1.165) is 18.4 Å². The molecule has 0 aliphatic carbocycles. The maximum Gasteiger partial charge on any atom is 0.416 e. The predicted molar refractivity (Wildman–Crippen MR) is 134 cm³/mol. The Kier molecular flexibility index (Phi) is 8.76. The van der Waals surface area contributed by atoms with E-state index in [-0.39, 0.29) is 36.1 Å². The smallest absolute Gasteiger partial charge is 0.416 e. The third kappa shape index (κ3) is 7.59. The van der Waals surface area contributed by atoms with Gasteiger partial charge < -0.3 is 14.7 Å². The molecule has 1 amide bonds. The Morgan fingerprint density at radius 1 is 1.22 bits per heavy atom. The molecule has 0 radical (unpaired) electrons. The second kappa shape index (κ2) is 11.3. The highest BCUT2D eigenvalue weighted by Gasteiger charge is 2.34. The minimum atomic E-state index is -4.40. The van der Waals surface area contributed by atoms with E-state index in [4.69, 9.17) is 4.74 Å². The number of carbonyl (C=O) groups is 1. The number of alkyl halides is 3. The SMILES string of the molecule is C[C@H](CO)N1C[C@H](C)[C@H](CN(C)Cc2ccc(C(F)(F)F)cc2)Oc2ccc(NS(C)(=O)=O)cc2C1=O. The van der Waals surface area contributed by atoms with Gasteiger partial charge in [0.25, 0.3) is 5.91 Å². The van der Waals surface area contributed by atoms with Crippen LogP contribution in [-0.2, 0) is 22.7 Å². The lowest BCUT2D eigenvalue weighted by Gasteiger charge is -2.38. The van der Waals surface area contributed by atoms with Crippen LogP contribution in [0, 0.1) is 5.92 Å². The molecule has 0 aromatic heterocycles. The summed E-state index contributed by atoms with van der Waals surface area (Å²) in [4.78, 5) is 16.9. The van der Waals surface area contributed by atoms with Gasteiger partial charge in [0.15, 0.2) is 0 Å². The predicted octanol–water partition coefficient (Wildman–Crippen LogP) is 3.43. The summed E-state index contributed by atoms with van der Waals surface area (Å²) in [6, 6.07) is 8.94. The highest BCUT2D eigenvalue weighted by atomic mass is 32.2. The van der Waals surface area contributed by atoms with Crippen LogP contribution in [0.4, 0.5) is 18.9 Å². The number of aliphatic hydroxyl groups excluding tert-OH is 1. The molecular weight excluding hydrogens is 511 g/mol. The molecule has 37 heavy (non-hydrogen) atoms. The molecule has 3 rings (SSSR count). The molecule has 2 aromatic carbocycles. The minimum absolute atomic E-state index is 0.157. The third-order valence-electron chi connectivity index (χ3n) is 6.19. The van der Waals surface area contributed by atoms with Gasteiger partial charge in [-0.3, -0.25) is 14.4 Å². The molecule has 2 aromatic rings. The van der Waals surface area contributed by atoms with Crippen molar-refractivity contribution in [2.24, 2.45) is 5.92 Å². The first-order valence-corrected chi connectivity index (χ1v) is 13.6. The van der Waals surface area contributed by atoms with Crippen LogP contribution < -0.4 is 9.46 Å². The number of hydrogen-bond donors (Lipinski definition) is 2. The Morgan fingerprint density at radius 2 is 1.86 bits per heavy atom. The molecule has 0 unspecified atom stereocenters. The monoisotopic (exact) mass is 543 g/mol. The van der Waals surface area contributed by atoms with Gasteiger partial charge in [0.1, 0.15) is 11.9 Å². The highest BCUT2D eigenvalue weighted by Crippen LogP contribution is 2.32. The fourth-order valence-corrected chi connectivity index (χ4v) is 4.76. The lowest BCUT2D eigenvalue weighted by molar-refractivity contribution is -0.137. The summed E-state index contributed by atoms with van der Waals surface area (Å²) in [5.41, 5.74) is 0.368. The van der Waals surface area contributed by atoms with E-state index in [1.54, 1.807) is 11.8 Å². The molecule has 1 aliphatic heterocycles. The highest BCUT2D eigenvalue weighted by molar-refractivity contribution is 7.92. The first-order chi connectivity index (χ1) is 17.2. The summed E-state index contributed by atoms with van der Waals surface area (Å²) < 4.78 is 70.6. The van der Waals surface area contributed by atoms with Gasteiger partial charge in [-0.2, -0.15) is 13.2 Å². The Bertz CT molecular complexity index is 1210. The number of rotatable bonds is 8. The van der Waals surface area contributed by atoms with E-state index in [2.05, 4.69) is 4.72 Å².